The van der Waals surface area contributed by atoms with Crippen molar-refractivity contribution in [3.05, 3.63) is 59.7 Å². The van der Waals surface area contributed by atoms with Crippen LogP contribution in [0.25, 0.3) is 0 Å². The molecule has 0 saturated carbocycles. The van der Waals surface area contributed by atoms with Crippen LogP contribution in [-0.2, 0) is 22.6 Å². The molecule has 0 spiro atoms. The molecule has 0 radical (unpaired) electrons. The summed E-state index contributed by atoms with van der Waals surface area (Å²) in [6, 6.07) is 16.3. The summed E-state index contributed by atoms with van der Waals surface area (Å²) < 4.78 is 16.5. The van der Waals surface area contributed by atoms with Gasteiger partial charge in [0.25, 0.3) is 6.02 Å². The second-order valence-corrected chi connectivity index (χ2v) is 7.57. The quantitative estimate of drug-likeness (QED) is 0.362. The molecule has 1 saturated heterocycles. The van der Waals surface area contributed by atoms with Crippen LogP contribution >= 0.6 is 0 Å². The molecule has 2 aromatic carbocycles. The van der Waals surface area contributed by atoms with Crippen molar-refractivity contribution in [2.24, 2.45) is 16.1 Å². The number of aliphatic imine (C=N–C) groups is 1. The predicted molar refractivity (Wildman–Crippen MR) is 122 cm³/mol. The number of methoxy groups -OCH3 is 1. The molecule has 0 bridgehead atoms. The zero-order chi connectivity index (χ0) is 21.9. The standard InChI is InChI=1S/C24H31N3O4/c1-27(2)24(28-3)25-16-19-7-9-21(10-8-19)18-30-22-5-4-6-23(15-22)31-26-17-20-11-13-29-14-12-20/h4-10,15,17,20H,11-14,16,18H2,1-3H3/b25-24-,26-17?. The van der Waals surface area contributed by atoms with E-state index in [0.29, 0.717) is 30.8 Å². The lowest BCUT2D eigenvalue weighted by Gasteiger charge is -2.17. The number of nitrogens with zero attached hydrogens (tertiary/aromatic N) is 3. The van der Waals surface area contributed by atoms with Gasteiger partial charge in [-0.25, -0.2) is 4.99 Å². The van der Waals surface area contributed by atoms with E-state index in [-0.39, 0.29) is 0 Å². The highest BCUT2D eigenvalue weighted by Crippen LogP contribution is 2.21. The molecule has 1 fully saturated rings. The molecule has 0 N–H and O–H groups in total. The molecule has 0 atom stereocenters. The molecule has 0 amide bonds. The highest BCUT2D eigenvalue weighted by atomic mass is 16.6. The number of ether oxygens (including phenoxy) is 3. The lowest BCUT2D eigenvalue weighted by molar-refractivity contribution is 0.0833. The maximum absolute atomic E-state index is 5.91. The first-order valence-electron chi connectivity index (χ1n) is 10.5. The smallest absolute Gasteiger partial charge is 0.286 e. The maximum atomic E-state index is 5.91. The van der Waals surface area contributed by atoms with Gasteiger partial charge in [0.15, 0.2) is 5.75 Å². The van der Waals surface area contributed by atoms with Gasteiger partial charge in [0, 0.05) is 45.5 Å². The van der Waals surface area contributed by atoms with Crippen LogP contribution in [0.1, 0.15) is 24.0 Å². The van der Waals surface area contributed by atoms with Crippen LogP contribution in [0.4, 0.5) is 0 Å². The number of oxime groups is 1. The minimum absolute atomic E-state index is 0.422. The lowest BCUT2D eigenvalue weighted by Crippen LogP contribution is -2.23. The molecule has 31 heavy (non-hydrogen) atoms. The topological polar surface area (TPSA) is 64.9 Å². The molecule has 1 heterocycles. The van der Waals surface area contributed by atoms with Crippen molar-refractivity contribution in [3.63, 3.8) is 0 Å². The van der Waals surface area contributed by atoms with Crippen LogP contribution in [-0.4, -0.2) is 51.6 Å². The van der Waals surface area contributed by atoms with Gasteiger partial charge in [0.05, 0.1) is 13.7 Å². The van der Waals surface area contributed by atoms with E-state index in [9.17, 15) is 0 Å². The second kappa shape index (κ2) is 12.0. The van der Waals surface area contributed by atoms with Crippen molar-refractivity contribution in [1.29, 1.82) is 0 Å². The minimum atomic E-state index is 0.422. The molecular formula is C24H31N3O4. The number of hydrogen-bond donors (Lipinski definition) is 0. The predicted octanol–water partition coefficient (Wildman–Crippen LogP) is 4.12. The van der Waals surface area contributed by atoms with E-state index >= 15 is 0 Å². The zero-order valence-corrected chi connectivity index (χ0v) is 18.5. The van der Waals surface area contributed by atoms with E-state index in [4.69, 9.17) is 19.0 Å². The monoisotopic (exact) mass is 425 g/mol. The number of benzene rings is 2. The van der Waals surface area contributed by atoms with E-state index in [2.05, 4.69) is 22.3 Å². The number of hydrogen-bond acceptors (Lipinski definition) is 6. The zero-order valence-electron chi connectivity index (χ0n) is 18.5. The fourth-order valence-electron chi connectivity index (χ4n) is 3.12. The Morgan fingerprint density at radius 3 is 2.48 bits per heavy atom. The third kappa shape index (κ3) is 7.61. The van der Waals surface area contributed by atoms with E-state index in [1.165, 1.54) is 0 Å². The first-order valence-corrected chi connectivity index (χ1v) is 10.5. The van der Waals surface area contributed by atoms with Gasteiger partial charge >= 0.3 is 0 Å². The summed E-state index contributed by atoms with van der Waals surface area (Å²) in [5.41, 5.74) is 2.19. The summed E-state index contributed by atoms with van der Waals surface area (Å²) in [6.45, 7) is 2.62. The average molecular weight is 426 g/mol. The Bertz CT molecular complexity index is 859. The maximum Gasteiger partial charge on any atom is 0.286 e. The summed E-state index contributed by atoms with van der Waals surface area (Å²) in [6.07, 6.45) is 3.85. The Morgan fingerprint density at radius 1 is 1.06 bits per heavy atom. The minimum Gasteiger partial charge on any atom is -0.489 e. The molecule has 2 aromatic rings. The van der Waals surface area contributed by atoms with Crippen LogP contribution < -0.4 is 9.57 Å². The molecular weight excluding hydrogens is 394 g/mol. The van der Waals surface area contributed by atoms with E-state index in [0.717, 1.165) is 42.9 Å². The van der Waals surface area contributed by atoms with Gasteiger partial charge in [0.1, 0.15) is 12.4 Å². The van der Waals surface area contributed by atoms with Crippen molar-refractivity contribution >= 4 is 12.2 Å². The summed E-state index contributed by atoms with van der Waals surface area (Å²) >= 11 is 0. The van der Waals surface area contributed by atoms with E-state index in [1.807, 2.05) is 61.6 Å². The summed E-state index contributed by atoms with van der Waals surface area (Å²) in [5, 5.41) is 4.12. The number of rotatable bonds is 8. The van der Waals surface area contributed by atoms with Crippen molar-refractivity contribution in [3.8, 4) is 11.5 Å². The SMILES string of the molecule is CO/C(=N\Cc1ccc(COc2cccc(ON=CC3CCOCC3)c2)cc1)N(C)C. The molecule has 0 unspecified atom stereocenters. The van der Waals surface area contributed by atoms with Crippen molar-refractivity contribution in [2.75, 3.05) is 34.4 Å². The largest absolute Gasteiger partial charge is 0.489 e. The Balaban J connectivity index is 1.48. The molecule has 1 aliphatic heterocycles. The van der Waals surface area contributed by atoms with E-state index < -0.39 is 0 Å². The lowest BCUT2D eigenvalue weighted by atomic mass is 10.0. The highest BCUT2D eigenvalue weighted by Gasteiger charge is 2.11. The van der Waals surface area contributed by atoms with Crippen molar-refractivity contribution in [2.45, 2.75) is 26.0 Å². The van der Waals surface area contributed by atoms with Crippen molar-refractivity contribution in [1.82, 2.24) is 4.90 Å². The molecule has 0 aliphatic carbocycles. The Morgan fingerprint density at radius 2 is 1.77 bits per heavy atom. The Labute approximate surface area is 184 Å². The Hall–Kier alpha value is -3.06. The first kappa shape index (κ1) is 22.6. The Kier molecular flexibility index (Phi) is 8.72. The molecule has 7 heteroatoms. The number of amidine groups is 1. The highest BCUT2D eigenvalue weighted by molar-refractivity contribution is 5.73. The normalized spacial score (nSPS) is 15.1. The average Bonchev–Trinajstić information content (AvgIpc) is 2.80. The van der Waals surface area contributed by atoms with Crippen LogP contribution in [0.2, 0.25) is 0 Å². The van der Waals surface area contributed by atoms with Gasteiger partial charge in [-0.3, -0.25) is 0 Å². The van der Waals surface area contributed by atoms with E-state index in [1.54, 1.807) is 7.11 Å². The third-order valence-electron chi connectivity index (χ3n) is 4.89. The van der Waals surface area contributed by atoms with Gasteiger partial charge in [-0.2, -0.15) is 0 Å². The van der Waals surface area contributed by atoms with Crippen LogP contribution in [0.5, 0.6) is 11.5 Å². The fourth-order valence-corrected chi connectivity index (χ4v) is 3.12. The molecule has 3 rings (SSSR count). The molecule has 0 aromatic heterocycles. The van der Waals surface area contributed by atoms with Gasteiger partial charge in [-0.1, -0.05) is 35.5 Å². The van der Waals surface area contributed by atoms with Gasteiger partial charge in [-0.05, 0) is 36.1 Å². The van der Waals surface area contributed by atoms with Crippen LogP contribution in [0.3, 0.4) is 0 Å². The summed E-state index contributed by atoms with van der Waals surface area (Å²) in [7, 11) is 5.43. The fraction of sp³-hybridized carbons (Fsp3) is 0.417. The molecule has 1 aliphatic rings. The second-order valence-electron chi connectivity index (χ2n) is 7.57. The summed E-state index contributed by atoms with van der Waals surface area (Å²) in [5.74, 6) is 1.82. The van der Waals surface area contributed by atoms with Crippen LogP contribution in [0.15, 0.2) is 58.7 Å². The van der Waals surface area contributed by atoms with Crippen molar-refractivity contribution < 1.29 is 19.0 Å². The van der Waals surface area contributed by atoms with Gasteiger partial charge < -0.3 is 23.9 Å². The molecule has 7 nitrogen and oxygen atoms in total. The van der Waals surface area contributed by atoms with Gasteiger partial charge in [-0.15, -0.1) is 0 Å². The summed E-state index contributed by atoms with van der Waals surface area (Å²) in [4.78, 5) is 11.8. The van der Waals surface area contributed by atoms with Gasteiger partial charge in [0.2, 0.25) is 0 Å². The molecule has 166 valence electrons. The van der Waals surface area contributed by atoms with Crippen LogP contribution in [0, 0.1) is 5.92 Å². The first-order chi connectivity index (χ1) is 15.1. The third-order valence-corrected chi connectivity index (χ3v) is 4.89.